The summed E-state index contributed by atoms with van der Waals surface area (Å²) >= 11 is 0. The summed E-state index contributed by atoms with van der Waals surface area (Å²) in [4.78, 5) is 26.1. The number of carboxylic acids is 1. The molecule has 4 N–H and O–H groups in total. The molecular weight excluding hydrogens is 861 g/mol. The minimum absolute atomic E-state index is 0.0538. The summed E-state index contributed by atoms with van der Waals surface area (Å²) in [7, 11) is 0.223. The van der Waals surface area contributed by atoms with E-state index in [1.54, 1.807) is 11.4 Å². The molecular formula is C56H80N2O8S. The van der Waals surface area contributed by atoms with Gasteiger partial charge >= 0.3 is 5.97 Å². The summed E-state index contributed by atoms with van der Waals surface area (Å²) < 4.78 is 29.7. The number of aliphatic carboxylic acids is 1. The maximum Gasteiger partial charge on any atom is 0.303 e. The number of rotatable bonds is 12. The number of hydrogen-bond donors (Lipinski definition) is 4. The number of nitrogens with zero attached hydrogens (tertiary/aromatic N) is 2. The lowest BCUT2D eigenvalue weighted by atomic mass is 9.43. The van der Waals surface area contributed by atoms with E-state index in [4.69, 9.17) is 0 Å². The highest BCUT2D eigenvalue weighted by molar-refractivity contribution is 7.89. The number of ketones is 1. The van der Waals surface area contributed by atoms with Crippen LogP contribution in [0.15, 0.2) is 47.1 Å². The fourth-order valence-electron chi connectivity index (χ4n) is 17.3. The van der Waals surface area contributed by atoms with Crippen molar-refractivity contribution in [3.8, 4) is 11.8 Å². The molecule has 6 fully saturated rings. The van der Waals surface area contributed by atoms with Gasteiger partial charge in [0.05, 0.1) is 18.0 Å². The van der Waals surface area contributed by atoms with Gasteiger partial charge in [-0.25, -0.2) is 12.7 Å². The second kappa shape index (κ2) is 18.0. The molecule has 10 nitrogen and oxygen atoms in total. The monoisotopic (exact) mass is 941 g/mol. The average molecular weight is 941 g/mol. The van der Waals surface area contributed by atoms with E-state index in [9.17, 15) is 38.4 Å². The number of anilines is 1. The fraction of sp³-hybridized carbons (Fsp3) is 0.750. The third-order valence-electron chi connectivity index (χ3n) is 21.1. The number of aliphatic hydroxyl groups excluding tert-OH is 2. The molecule has 0 heterocycles. The summed E-state index contributed by atoms with van der Waals surface area (Å²) in [5.41, 5.74) is 4.53. The third kappa shape index (κ3) is 8.11. The molecule has 0 bridgehead atoms. The number of sulfonamides is 1. The van der Waals surface area contributed by atoms with Crippen LogP contribution < -0.4 is 4.90 Å². The summed E-state index contributed by atoms with van der Waals surface area (Å²) in [6.07, 6.45) is 13.4. The van der Waals surface area contributed by atoms with Gasteiger partial charge in [-0.15, -0.1) is 5.92 Å². The number of aliphatic hydroxyl groups is 3. The summed E-state index contributed by atoms with van der Waals surface area (Å²) in [6, 6.07) is 8.64. The molecule has 1 aromatic rings. The number of fused-ring (bicyclic) bond motifs is 9. The summed E-state index contributed by atoms with van der Waals surface area (Å²) in [5, 5.41) is 45.5. The number of carbonyl (C=O) groups is 2. The van der Waals surface area contributed by atoms with Crippen LogP contribution in [0.3, 0.4) is 0 Å². The predicted molar refractivity (Wildman–Crippen MR) is 262 cm³/mol. The number of carboxylic acid groups (broad SMARTS) is 1. The van der Waals surface area contributed by atoms with Crippen LogP contribution in [0, 0.1) is 75.4 Å². The molecule has 0 aromatic heterocycles. The Morgan fingerprint density at radius 2 is 1.67 bits per heavy atom. The maximum atomic E-state index is 14.0. The molecule has 0 spiro atoms. The minimum atomic E-state index is -3.55. The molecule has 9 rings (SSSR count). The Morgan fingerprint density at radius 3 is 2.39 bits per heavy atom. The van der Waals surface area contributed by atoms with Gasteiger partial charge in [0, 0.05) is 56.5 Å². The summed E-state index contributed by atoms with van der Waals surface area (Å²) in [6.45, 7) is 11.4. The summed E-state index contributed by atoms with van der Waals surface area (Å²) in [5.74, 6) is 7.67. The molecule has 0 aliphatic heterocycles. The smallest absolute Gasteiger partial charge is 0.303 e. The van der Waals surface area contributed by atoms with Crippen LogP contribution in [0.2, 0.25) is 0 Å². The van der Waals surface area contributed by atoms with Crippen molar-refractivity contribution in [2.24, 2.45) is 63.6 Å². The van der Waals surface area contributed by atoms with E-state index < -0.39 is 33.8 Å². The largest absolute Gasteiger partial charge is 0.481 e. The maximum absolute atomic E-state index is 14.0. The number of carbonyl (C=O) groups excluding carboxylic acids is 1. The Hall–Kier alpha value is -3.01. The van der Waals surface area contributed by atoms with Gasteiger partial charge in [-0.1, -0.05) is 51.3 Å². The van der Waals surface area contributed by atoms with Crippen LogP contribution in [0.1, 0.15) is 155 Å². The first-order valence-electron chi connectivity index (χ1n) is 26.1. The molecule has 11 heteroatoms. The average Bonchev–Trinajstić information content (AvgIpc) is 3.78. The quantitative estimate of drug-likeness (QED) is 0.151. The lowest BCUT2D eigenvalue weighted by Gasteiger charge is -2.64. The molecule has 1 aromatic carbocycles. The van der Waals surface area contributed by atoms with Crippen molar-refractivity contribution in [1.82, 2.24) is 4.31 Å². The molecule has 8 aliphatic carbocycles. The van der Waals surface area contributed by atoms with E-state index in [0.717, 1.165) is 63.5 Å². The first-order chi connectivity index (χ1) is 31.7. The highest BCUT2D eigenvalue weighted by Crippen LogP contribution is 2.69. The van der Waals surface area contributed by atoms with Crippen LogP contribution in [0.25, 0.3) is 0 Å². The van der Waals surface area contributed by atoms with E-state index in [1.807, 2.05) is 20.0 Å². The molecule has 8 aliphatic rings. The predicted octanol–water partition coefficient (Wildman–Crippen LogP) is 8.90. The number of allylic oxidation sites excluding steroid dienone is 4. The lowest BCUT2D eigenvalue weighted by Crippen LogP contribution is -2.63. The van der Waals surface area contributed by atoms with Crippen molar-refractivity contribution >= 4 is 27.5 Å². The number of hydrogen-bond acceptors (Lipinski definition) is 8. The Balaban J connectivity index is 0.834. The number of benzene rings is 1. The molecule has 67 heavy (non-hydrogen) atoms. The van der Waals surface area contributed by atoms with E-state index in [-0.39, 0.29) is 81.7 Å². The van der Waals surface area contributed by atoms with Gasteiger partial charge in [0.1, 0.15) is 5.60 Å². The SMILES string of the molecule is CC#C[C@]1(O)CC[C@H]2[C@@H]3CCC4=CC(=O)CCC4=C3[C@@H](c3ccc(N(C)CCCS(=O)(=O)N(C)[C@@H]4CC[C@@]5(C)[C@@H](C4)C[C@@H](O)[C@@H]4[C@@H]5C[C@H](O)[C@]5(C)[C@@H]([C@H](C)CCC(=O)O)CC[C@@H]45)cc3)C[C@@]21C. The van der Waals surface area contributed by atoms with Crippen LogP contribution in [-0.2, 0) is 19.6 Å². The van der Waals surface area contributed by atoms with Crippen molar-refractivity contribution in [3.05, 3.63) is 52.6 Å². The molecule has 16 atom stereocenters. The normalized spacial score (nSPS) is 41.7. The molecule has 0 saturated heterocycles. The van der Waals surface area contributed by atoms with Crippen molar-refractivity contribution in [3.63, 3.8) is 0 Å². The van der Waals surface area contributed by atoms with Crippen molar-refractivity contribution in [2.75, 3.05) is 31.3 Å². The van der Waals surface area contributed by atoms with Gasteiger partial charge in [-0.2, -0.15) is 0 Å². The van der Waals surface area contributed by atoms with E-state index in [2.05, 4.69) is 68.7 Å². The third-order valence-corrected chi connectivity index (χ3v) is 23.1. The Bertz CT molecular complexity index is 2330. The fourth-order valence-corrected chi connectivity index (χ4v) is 18.8. The van der Waals surface area contributed by atoms with Gasteiger partial charge in [0.15, 0.2) is 5.78 Å². The first kappa shape index (κ1) is 49.0. The molecule has 0 unspecified atom stereocenters. The van der Waals surface area contributed by atoms with E-state index in [1.165, 1.54) is 22.3 Å². The second-order valence-electron chi connectivity index (χ2n) is 23.9. The van der Waals surface area contributed by atoms with Crippen molar-refractivity contribution in [2.45, 2.75) is 174 Å². The highest BCUT2D eigenvalue weighted by Gasteiger charge is 2.66. The molecule has 6 saturated carbocycles. The van der Waals surface area contributed by atoms with Crippen molar-refractivity contribution < 1.29 is 38.4 Å². The van der Waals surface area contributed by atoms with Gasteiger partial charge < -0.3 is 25.3 Å². The van der Waals surface area contributed by atoms with Crippen LogP contribution in [0.4, 0.5) is 5.69 Å². The standard InChI is InChI=1S/C56H80N2O8S/c1-8-24-56(64)26-23-45-42-17-13-36-29-40(59)16-18-41(36)51(42)43(33-54(45,56)4)35-11-14-38(15-12-35)57(6)27-9-28-67(65,66)58(7)39-22-25-53(3)37(30-39)31-48(60)52-46-20-19-44(34(2)10-21-50(62)63)55(46,5)49(61)32-47(52)53/h11-12,14-15,29,34,37,39,42-49,52,60-61,64H,9-10,13,16-23,25-28,30-33H2,1-7H3,(H,62,63)/t34-,37+,39-,42+,43-,44-,45+,46+,47+,48-,49+,52+,53+,54+,55-,56+/m1/s1. The second-order valence-corrected chi connectivity index (χ2v) is 26.1. The van der Waals surface area contributed by atoms with Crippen LogP contribution in [-0.4, -0.2) is 95.1 Å². The molecule has 368 valence electrons. The van der Waals surface area contributed by atoms with Gasteiger partial charge in [-0.05, 0) is 196 Å². The highest BCUT2D eigenvalue weighted by atomic mass is 32.2. The van der Waals surface area contributed by atoms with Gasteiger partial charge in [0.25, 0.3) is 0 Å². The van der Waals surface area contributed by atoms with E-state index >= 15 is 0 Å². The van der Waals surface area contributed by atoms with Crippen LogP contribution >= 0.6 is 0 Å². The first-order valence-corrected chi connectivity index (χ1v) is 27.8. The lowest BCUT2D eigenvalue weighted by molar-refractivity contribution is -0.203. The molecule has 0 amide bonds. The van der Waals surface area contributed by atoms with Gasteiger partial charge in [0.2, 0.25) is 10.0 Å². The minimum Gasteiger partial charge on any atom is -0.481 e. The topological polar surface area (TPSA) is 156 Å². The Morgan fingerprint density at radius 1 is 0.925 bits per heavy atom. The zero-order chi connectivity index (χ0) is 48.0. The van der Waals surface area contributed by atoms with Crippen LogP contribution in [0.5, 0.6) is 0 Å². The van der Waals surface area contributed by atoms with Gasteiger partial charge in [-0.3, -0.25) is 9.59 Å². The zero-order valence-electron chi connectivity index (χ0n) is 41.5. The zero-order valence-corrected chi connectivity index (χ0v) is 42.3. The Kier molecular flexibility index (Phi) is 13.2. The van der Waals surface area contributed by atoms with Crippen molar-refractivity contribution in [1.29, 1.82) is 0 Å². The Labute approximate surface area is 401 Å². The molecule has 0 radical (unpaired) electrons. The van der Waals surface area contributed by atoms with E-state index in [0.29, 0.717) is 63.3 Å².